The minimum atomic E-state index is -0.508. The van der Waals surface area contributed by atoms with Crippen molar-refractivity contribution in [3.8, 4) is 56.4 Å². The molecule has 1 heterocycles. The van der Waals surface area contributed by atoms with E-state index < -0.39 is 5.41 Å². The van der Waals surface area contributed by atoms with Crippen LogP contribution in [0.1, 0.15) is 47.2 Å². The molecule has 0 fully saturated rings. The highest BCUT2D eigenvalue weighted by atomic mass is 15.0. The van der Waals surface area contributed by atoms with Crippen molar-refractivity contribution in [1.82, 2.24) is 15.0 Å². The summed E-state index contributed by atoms with van der Waals surface area (Å²) < 4.78 is 0. The van der Waals surface area contributed by atoms with E-state index in [4.69, 9.17) is 15.0 Å². The highest BCUT2D eigenvalue weighted by molar-refractivity contribution is 6.04. The summed E-state index contributed by atoms with van der Waals surface area (Å²) in [5, 5.41) is 2.26. The number of nitrogens with zero attached hydrogens (tertiary/aromatic N) is 3. The Morgan fingerprint density at radius 1 is 0.304 bits per heavy atom. The third-order valence-corrected chi connectivity index (χ3v) is 12.2. The van der Waals surface area contributed by atoms with Crippen LogP contribution < -0.4 is 0 Å². The lowest BCUT2D eigenvalue weighted by Gasteiger charge is -2.46. The molecular weight excluding hydrogens is 679 g/mol. The summed E-state index contributed by atoms with van der Waals surface area (Å²) in [6, 6.07) is 67.7. The van der Waals surface area contributed by atoms with Gasteiger partial charge in [-0.2, -0.15) is 0 Å². The van der Waals surface area contributed by atoms with E-state index in [1.165, 1.54) is 55.6 Å². The lowest BCUT2D eigenvalue weighted by atomic mass is 9.55. The van der Waals surface area contributed by atoms with Crippen LogP contribution in [0.3, 0.4) is 0 Å². The van der Waals surface area contributed by atoms with Gasteiger partial charge in [0.15, 0.2) is 17.5 Å². The monoisotopic (exact) mass is 715 g/mol. The van der Waals surface area contributed by atoms with Crippen LogP contribution in [0, 0.1) is 0 Å². The lowest BCUT2D eigenvalue weighted by Crippen LogP contribution is -2.40. The van der Waals surface area contributed by atoms with Crippen molar-refractivity contribution in [2.75, 3.05) is 0 Å². The summed E-state index contributed by atoms with van der Waals surface area (Å²) in [6.45, 7) is 4.73. The van der Waals surface area contributed by atoms with Gasteiger partial charge >= 0.3 is 0 Å². The molecule has 1 spiro atoms. The maximum atomic E-state index is 5.35. The van der Waals surface area contributed by atoms with Crippen LogP contribution in [-0.2, 0) is 10.8 Å². The van der Waals surface area contributed by atoms with E-state index in [0.717, 1.165) is 27.5 Å². The zero-order valence-corrected chi connectivity index (χ0v) is 31.2. The summed E-state index contributed by atoms with van der Waals surface area (Å²) in [5.74, 6) is 1.95. The predicted octanol–water partition coefficient (Wildman–Crippen LogP) is 12.7. The van der Waals surface area contributed by atoms with Crippen molar-refractivity contribution >= 4 is 10.8 Å². The Kier molecular flexibility index (Phi) is 7.11. The third-order valence-electron chi connectivity index (χ3n) is 12.2. The van der Waals surface area contributed by atoms with Gasteiger partial charge in [-0.25, -0.2) is 15.0 Å². The first-order valence-electron chi connectivity index (χ1n) is 19.4. The van der Waals surface area contributed by atoms with Gasteiger partial charge in [0.05, 0.1) is 5.41 Å². The van der Waals surface area contributed by atoms with Crippen molar-refractivity contribution in [1.29, 1.82) is 0 Å². The highest BCUT2D eigenvalue weighted by Gasteiger charge is 2.53. The van der Waals surface area contributed by atoms with Crippen LogP contribution in [0.15, 0.2) is 188 Å². The Labute approximate surface area is 327 Å². The third kappa shape index (κ3) is 4.61. The van der Waals surface area contributed by atoms with E-state index in [9.17, 15) is 0 Å². The summed E-state index contributed by atoms with van der Waals surface area (Å²) in [4.78, 5) is 15.8. The Morgan fingerprint density at radius 2 is 0.750 bits per heavy atom. The number of aromatic nitrogens is 3. The molecule has 56 heavy (non-hydrogen) atoms. The fraction of sp³-hybridized carbons (Fsp3) is 0.0755. The molecule has 0 saturated heterocycles. The number of rotatable bonds is 4. The standard InChI is InChI=1S/C53H37N3/c1-52(2)44-25-13-15-27-46(44)53(47-28-16-14-26-45(47)52)43-24-12-11-23-40(43)41-30-29-36(33-48(41)53)50-54-49(35-19-7-4-8-20-35)55-51(56-50)42-32-31-37(34-17-5-3-6-18-34)38-21-9-10-22-39(38)42/h3-33H,1-2H3. The van der Waals surface area contributed by atoms with Crippen molar-refractivity contribution < 1.29 is 0 Å². The average molecular weight is 716 g/mol. The van der Waals surface area contributed by atoms with Crippen LogP contribution in [0.2, 0.25) is 0 Å². The number of benzene rings is 8. The molecule has 0 unspecified atom stereocenters. The maximum Gasteiger partial charge on any atom is 0.164 e. The minimum Gasteiger partial charge on any atom is -0.208 e. The van der Waals surface area contributed by atoms with E-state index in [2.05, 4.69) is 184 Å². The molecule has 11 rings (SSSR count). The second kappa shape index (κ2) is 12.3. The predicted molar refractivity (Wildman–Crippen MR) is 229 cm³/mol. The van der Waals surface area contributed by atoms with Gasteiger partial charge in [-0.1, -0.05) is 190 Å². The Balaban J connectivity index is 1.17. The second-order valence-corrected chi connectivity index (χ2v) is 15.5. The first kappa shape index (κ1) is 32.5. The summed E-state index contributed by atoms with van der Waals surface area (Å²) >= 11 is 0. The SMILES string of the molecule is CC1(C)c2ccccc2C2(c3ccccc3-c3ccc(-c4nc(-c5ccccc5)nc(-c5ccc(-c6ccccc6)c6ccccc56)n4)cc32)c2ccccc21. The van der Waals surface area contributed by atoms with Crippen LogP contribution in [0.25, 0.3) is 67.2 Å². The van der Waals surface area contributed by atoms with Crippen molar-refractivity contribution in [2.45, 2.75) is 24.7 Å². The molecule has 8 aromatic carbocycles. The molecule has 2 aliphatic rings. The fourth-order valence-electron chi connectivity index (χ4n) is 9.70. The van der Waals surface area contributed by atoms with E-state index in [0.29, 0.717) is 17.5 Å². The van der Waals surface area contributed by atoms with E-state index in [1.54, 1.807) is 0 Å². The molecular formula is C53H37N3. The molecule has 0 N–H and O–H groups in total. The van der Waals surface area contributed by atoms with Gasteiger partial charge in [0.2, 0.25) is 0 Å². The van der Waals surface area contributed by atoms with Crippen molar-refractivity contribution in [3.05, 3.63) is 221 Å². The van der Waals surface area contributed by atoms with Gasteiger partial charge in [0.25, 0.3) is 0 Å². The Hall–Kier alpha value is -6.97. The van der Waals surface area contributed by atoms with E-state index in [1.807, 2.05) is 18.2 Å². The number of hydrogen-bond donors (Lipinski definition) is 0. The lowest BCUT2D eigenvalue weighted by molar-refractivity contribution is 0.563. The molecule has 0 bridgehead atoms. The Bertz CT molecular complexity index is 2950. The zero-order chi connectivity index (χ0) is 37.4. The van der Waals surface area contributed by atoms with Gasteiger partial charge in [0, 0.05) is 22.1 Å². The topological polar surface area (TPSA) is 38.7 Å². The van der Waals surface area contributed by atoms with Gasteiger partial charge in [-0.05, 0) is 78.5 Å². The molecule has 0 amide bonds. The van der Waals surface area contributed by atoms with E-state index >= 15 is 0 Å². The largest absolute Gasteiger partial charge is 0.208 e. The minimum absolute atomic E-state index is 0.166. The van der Waals surface area contributed by atoms with Gasteiger partial charge < -0.3 is 0 Å². The normalized spacial score (nSPS) is 14.2. The van der Waals surface area contributed by atoms with Gasteiger partial charge in [-0.15, -0.1) is 0 Å². The van der Waals surface area contributed by atoms with Crippen LogP contribution in [0.5, 0.6) is 0 Å². The van der Waals surface area contributed by atoms with Crippen LogP contribution in [0.4, 0.5) is 0 Å². The summed E-state index contributed by atoms with van der Waals surface area (Å²) in [5.41, 5.74) is 15.0. The van der Waals surface area contributed by atoms with Gasteiger partial charge in [0.1, 0.15) is 0 Å². The van der Waals surface area contributed by atoms with Crippen molar-refractivity contribution in [2.24, 2.45) is 0 Å². The molecule has 0 aliphatic heterocycles. The molecule has 1 aromatic heterocycles. The van der Waals surface area contributed by atoms with Gasteiger partial charge in [-0.3, -0.25) is 0 Å². The Morgan fingerprint density at radius 3 is 1.41 bits per heavy atom. The summed E-state index contributed by atoms with van der Waals surface area (Å²) in [6.07, 6.45) is 0. The van der Waals surface area contributed by atoms with Crippen LogP contribution in [-0.4, -0.2) is 15.0 Å². The van der Waals surface area contributed by atoms with Crippen molar-refractivity contribution in [3.63, 3.8) is 0 Å². The molecule has 0 radical (unpaired) electrons. The molecule has 0 atom stereocenters. The first-order valence-corrected chi connectivity index (χ1v) is 19.4. The number of fused-ring (bicyclic) bond motifs is 10. The summed E-state index contributed by atoms with van der Waals surface area (Å²) in [7, 11) is 0. The first-order chi connectivity index (χ1) is 27.5. The maximum absolute atomic E-state index is 5.35. The molecule has 264 valence electrons. The molecule has 9 aromatic rings. The zero-order valence-electron chi connectivity index (χ0n) is 31.2. The molecule has 3 nitrogen and oxygen atoms in total. The number of hydrogen-bond acceptors (Lipinski definition) is 3. The molecule has 3 heteroatoms. The molecule has 2 aliphatic carbocycles. The van der Waals surface area contributed by atoms with E-state index in [-0.39, 0.29) is 5.41 Å². The smallest absolute Gasteiger partial charge is 0.164 e. The van der Waals surface area contributed by atoms with Crippen LogP contribution >= 0.6 is 0 Å². The fourth-order valence-corrected chi connectivity index (χ4v) is 9.70. The quantitative estimate of drug-likeness (QED) is 0.182. The average Bonchev–Trinajstić information content (AvgIpc) is 3.56. The second-order valence-electron chi connectivity index (χ2n) is 15.5. The molecule has 0 saturated carbocycles. The highest BCUT2D eigenvalue weighted by Crippen LogP contribution is 2.62.